The van der Waals surface area contributed by atoms with Gasteiger partial charge >= 0.3 is 0 Å². The SMILES string of the molecule is C#CC(C)(C)NS(=O)(=O)c1cc(Br)ccc1Br. The second-order valence-corrected chi connectivity index (χ2v) is 7.37. The van der Waals surface area contributed by atoms with E-state index in [0.717, 1.165) is 0 Å². The van der Waals surface area contributed by atoms with E-state index in [4.69, 9.17) is 6.42 Å². The molecule has 0 bridgehead atoms. The van der Waals surface area contributed by atoms with Gasteiger partial charge in [-0.3, -0.25) is 0 Å². The van der Waals surface area contributed by atoms with Gasteiger partial charge in [-0.05, 0) is 48.0 Å². The van der Waals surface area contributed by atoms with Crippen molar-refractivity contribution in [3.63, 3.8) is 0 Å². The normalized spacial score (nSPS) is 12.2. The lowest BCUT2D eigenvalue weighted by molar-refractivity contribution is 0.538. The molecule has 0 aliphatic heterocycles. The average Bonchev–Trinajstić information content (AvgIpc) is 2.20. The van der Waals surface area contributed by atoms with Crippen LogP contribution in [0.3, 0.4) is 0 Å². The van der Waals surface area contributed by atoms with Gasteiger partial charge in [0.05, 0.1) is 10.4 Å². The zero-order valence-electron chi connectivity index (χ0n) is 9.29. The van der Waals surface area contributed by atoms with E-state index >= 15 is 0 Å². The van der Waals surface area contributed by atoms with Gasteiger partial charge in [-0.1, -0.05) is 21.9 Å². The molecule has 0 fully saturated rings. The van der Waals surface area contributed by atoms with Crippen LogP contribution in [0.5, 0.6) is 0 Å². The maximum Gasteiger partial charge on any atom is 0.243 e. The van der Waals surface area contributed by atoms with Crippen molar-refractivity contribution in [3.8, 4) is 12.3 Å². The Bertz CT molecular complexity index is 574. The van der Waals surface area contributed by atoms with Crippen molar-refractivity contribution in [1.82, 2.24) is 4.72 Å². The third-order valence-electron chi connectivity index (χ3n) is 1.93. The number of sulfonamides is 1. The molecule has 0 radical (unpaired) electrons. The van der Waals surface area contributed by atoms with E-state index in [9.17, 15) is 8.42 Å². The molecule has 0 amide bonds. The number of halogens is 2. The van der Waals surface area contributed by atoms with Gasteiger partial charge in [-0.25, -0.2) is 8.42 Å². The van der Waals surface area contributed by atoms with Crippen LogP contribution in [0.15, 0.2) is 32.0 Å². The molecule has 0 heterocycles. The van der Waals surface area contributed by atoms with Crippen molar-refractivity contribution in [2.45, 2.75) is 24.3 Å². The van der Waals surface area contributed by atoms with Crippen molar-refractivity contribution in [3.05, 3.63) is 27.1 Å². The minimum absolute atomic E-state index is 0.148. The Labute approximate surface area is 118 Å². The predicted octanol–water partition coefficient (Wildman–Crippen LogP) is 2.90. The van der Waals surface area contributed by atoms with Crippen LogP contribution >= 0.6 is 31.9 Å². The first-order chi connectivity index (χ1) is 7.68. The molecule has 92 valence electrons. The van der Waals surface area contributed by atoms with Gasteiger partial charge in [0.15, 0.2) is 0 Å². The Balaban J connectivity index is 3.24. The number of rotatable bonds is 3. The van der Waals surface area contributed by atoms with Gasteiger partial charge in [0.2, 0.25) is 10.0 Å². The summed E-state index contributed by atoms with van der Waals surface area (Å²) in [6.07, 6.45) is 5.26. The van der Waals surface area contributed by atoms with E-state index in [1.54, 1.807) is 26.0 Å². The zero-order chi connectivity index (χ0) is 13.3. The third kappa shape index (κ3) is 3.81. The van der Waals surface area contributed by atoms with Crippen molar-refractivity contribution in [1.29, 1.82) is 0 Å². The monoisotopic (exact) mass is 379 g/mol. The summed E-state index contributed by atoms with van der Waals surface area (Å²) in [6.45, 7) is 3.24. The highest BCUT2D eigenvalue weighted by Crippen LogP contribution is 2.26. The van der Waals surface area contributed by atoms with Gasteiger partial charge in [0.25, 0.3) is 0 Å². The molecule has 17 heavy (non-hydrogen) atoms. The fraction of sp³-hybridized carbons (Fsp3) is 0.273. The highest BCUT2D eigenvalue weighted by molar-refractivity contribution is 9.11. The van der Waals surface area contributed by atoms with E-state index in [2.05, 4.69) is 42.5 Å². The average molecular weight is 381 g/mol. The van der Waals surface area contributed by atoms with Crippen LogP contribution in [-0.4, -0.2) is 14.0 Å². The quantitative estimate of drug-likeness (QED) is 0.819. The number of hydrogen-bond donors (Lipinski definition) is 1. The molecule has 0 aliphatic carbocycles. The van der Waals surface area contributed by atoms with Gasteiger partial charge in [0, 0.05) is 8.95 Å². The Morgan fingerprint density at radius 3 is 2.47 bits per heavy atom. The fourth-order valence-corrected chi connectivity index (χ4v) is 3.95. The highest BCUT2D eigenvalue weighted by atomic mass is 79.9. The molecule has 0 aliphatic rings. The molecular formula is C11H11Br2NO2S. The Morgan fingerprint density at radius 1 is 1.35 bits per heavy atom. The predicted molar refractivity (Wildman–Crippen MR) is 75.1 cm³/mol. The summed E-state index contributed by atoms with van der Waals surface area (Å²) in [7, 11) is -3.65. The van der Waals surface area contributed by atoms with E-state index in [0.29, 0.717) is 8.95 Å². The summed E-state index contributed by atoms with van der Waals surface area (Å²) in [5.74, 6) is 2.38. The molecule has 0 saturated heterocycles. The molecule has 1 aromatic rings. The van der Waals surface area contributed by atoms with Crippen molar-refractivity contribution in [2.24, 2.45) is 0 Å². The second kappa shape index (κ2) is 5.11. The summed E-state index contributed by atoms with van der Waals surface area (Å²) < 4.78 is 27.9. The van der Waals surface area contributed by atoms with Crippen LogP contribution in [0.4, 0.5) is 0 Å². The van der Waals surface area contributed by atoms with Crippen LogP contribution < -0.4 is 4.72 Å². The van der Waals surface area contributed by atoms with Crippen LogP contribution in [0.2, 0.25) is 0 Å². The summed E-state index contributed by atoms with van der Waals surface area (Å²) >= 11 is 6.44. The summed E-state index contributed by atoms with van der Waals surface area (Å²) in [5, 5.41) is 0. The summed E-state index contributed by atoms with van der Waals surface area (Å²) in [6, 6.07) is 4.91. The first-order valence-corrected chi connectivity index (χ1v) is 7.72. The van der Waals surface area contributed by atoms with Gasteiger partial charge in [-0.15, -0.1) is 6.42 Å². The van der Waals surface area contributed by atoms with Crippen molar-refractivity contribution in [2.75, 3.05) is 0 Å². The molecule has 0 spiro atoms. The van der Waals surface area contributed by atoms with Gasteiger partial charge in [-0.2, -0.15) is 4.72 Å². The number of terminal acetylenes is 1. The van der Waals surface area contributed by atoms with Crippen molar-refractivity contribution >= 4 is 41.9 Å². The van der Waals surface area contributed by atoms with Crippen LogP contribution in [0.1, 0.15) is 13.8 Å². The third-order valence-corrected chi connectivity index (χ3v) is 5.08. The smallest absolute Gasteiger partial charge is 0.207 e. The highest BCUT2D eigenvalue weighted by Gasteiger charge is 2.25. The minimum Gasteiger partial charge on any atom is -0.207 e. The first kappa shape index (κ1) is 14.7. The van der Waals surface area contributed by atoms with Crippen LogP contribution in [-0.2, 0) is 10.0 Å². The van der Waals surface area contributed by atoms with E-state index in [-0.39, 0.29) is 4.90 Å². The van der Waals surface area contributed by atoms with Crippen LogP contribution in [0.25, 0.3) is 0 Å². The minimum atomic E-state index is -3.65. The number of benzene rings is 1. The molecule has 6 heteroatoms. The standard InChI is InChI=1S/C11H11Br2NO2S/c1-4-11(2,3)14-17(15,16)10-7-8(12)5-6-9(10)13/h1,5-7,14H,2-3H3. The number of hydrogen-bond acceptors (Lipinski definition) is 2. The van der Waals surface area contributed by atoms with E-state index in [1.165, 1.54) is 6.07 Å². The Hall–Kier alpha value is -0.350. The van der Waals surface area contributed by atoms with Crippen molar-refractivity contribution < 1.29 is 8.42 Å². The molecule has 0 unspecified atom stereocenters. The largest absolute Gasteiger partial charge is 0.243 e. The lowest BCUT2D eigenvalue weighted by atomic mass is 10.1. The lowest BCUT2D eigenvalue weighted by Gasteiger charge is -2.20. The molecule has 0 saturated carbocycles. The topological polar surface area (TPSA) is 46.2 Å². The fourth-order valence-electron chi connectivity index (χ4n) is 1.10. The maximum absolute atomic E-state index is 12.1. The zero-order valence-corrected chi connectivity index (χ0v) is 13.3. The van der Waals surface area contributed by atoms with E-state index < -0.39 is 15.6 Å². The maximum atomic E-state index is 12.1. The second-order valence-electron chi connectivity index (χ2n) is 3.95. The molecule has 1 N–H and O–H groups in total. The first-order valence-electron chi connectivity index (χ1n) is 4.65. The van der Waals surface area contributed by atoms with Gasteiger partial charge < -0.3 is 0 Å². The molecule has 0 aromatic heterocycles. The lowest BCUT2D eigenvalue weighted by Crippen LogP contribution is -2.42. The number of nitrogens with one attached hydrogen (secondary N) is 1. The van der Waals surface area contributed by atoms with Crippen LogP contribution in [0, 0.1) is 12.3 Å². The molecule has 0 atom stereocenters. The van der Waals surface area contributed by atoms with E-state index in [1.807, 2.05) is 0 Å². The molecule has 1 rings (SSSR count). The van der Waals surface area contributed by atoms with Gasteiger partial charge in [0.1, 0.15) is 0 Å². The molecule has 1 aromatic carbocycles. The summed E-state index contributed by atoms with van der Waals surface area (Å²) in [5.41, 5.74) is -0.930. The molecular weight excluding hydrogens is 370 g/mol. The summed E-state index contributed by atoms with van der Waals surface area (Å²) in [4.78, 5) is 0.148. The Kier molecular flexibility index (Phi) is 4.42. The molecule has 3 nitrogen and oxygen atoms in total. The Morgan fingerprint density at radius 2 is 1.94 bits per heavy atom.